The van der Waals surface area contributed by atoms with Gasteiger partial charge in [0.25, 0.3) is 5.91 Å². The summed E-state index contributed by atoms with van der Waals surface area (Å²) in [5, 5.41) is 0. The number of hydrogen-bond donors (Lipinski definition) is 1. The first-order valence-corrected chi connectivity index (χ1v) is 6.13. The molecule has 0 aliphatic carbocycles. The van der Waals surface area contributed by atoms with Crippen molar-refractivity contribution in [1.29, 1.82) is 0 Å². The van der Waals surface area contributed by atoms with Gasteiger partial charge in [0.2, 0.25) is 0 Å². The van der Waals surface area contributed by atoms with Crippen molar-refractivity contribution in [3.05, 3.63) is 65.0 Å². The van der Waals surface area contributed by atoms with Gasteiger partial charge in [-0.1, -0.05) is 12.1 Å². The van der Waals surface area contributed by atoms with E-state index in [2.05, 4.69) is 0 Å². The summed E-state index contributed by atoms with van der Waals surface area (Å²) in [4.78, 5) is 13.3. The van der Waals surface area contributed by atoms with Gasteiger partial charge in [-0.05, 0) is 29.8 Å². The number of nitrogens with two attached hydrogens (primary N) is 1. The Kier molecular flexibility index (Phi) is 4.16. The van der Waals surface area contributed by atoms with E-state index in [-0.39, 0.29) is 6.54 Å². The first kappa shape index (κ1) is 14.9. The lowest BCUT2D eigenvalue weighted by Crippen LogP contribution is -2.27. The largest absolute Gasteiger partial charge is 0.396 e. The second-order valence-electron chi connectivity index (χ2n) is 4.64. The topological polar surface area (TPSA) is 46.3 Å². The van der Waals surface area contributed by atoms with E-state index < -0.39 is 34.6 Å². The molecule has 0 spiro atoms. The van der Waals surface area contributed by atoms with E-state index in [1.165, 1.54) is 36.2 Å². The van der Waals surface area contributed by atoms with Crippen LogP contribution in [0.25, 0.3) is 0 Å². The van der Waals surface area contributed by atoms with Crippen LogP contribution in [-0.2, 0) is 6.54 Å². The third-order valence-electron chi connectivity index (χ3n) is 2.98. The predicted molar refractivity (Wildman–Crippen MR) is 73.0 cm³/mol. The molecule has 0 aliphatic rings. The van der Waals surface area contributed by atoms with Crippen molar-refractivity contribution in [3.63, 3.8) is 0 Å². The van der Waals surface area contributed by atoms with Crippen molar-refractivity contribution in [3.8, 4) is 0 Å². The molecule has 0 heterocycles. The Morgan fingerprint density at radius 1 is 1.10 bits per heavy atom. The van der Waals surface area contributed by atoms with Crippen molar-refractivity contribution in [1.82, 2.24) is 4.90 Å². The maximum absolute atomic E-state index is 13.8. The molecular weight excluding hydrogens is 281 g/mol. The van der Waals surface area contributed by atoms with Crippen molar-refractivity contribution < 1.29 is 18.0 Å². The van der Waals surface area contributed by atoms with Gasteiger partial charge in [-0.15, -0.1) is 0 Å². The van der Waals surface area contributed by atoms with Crippen LogP contribution in [0.4, 0.5) is 18.9 Å². The molecule has 0 radical (unpaired) electrons. The summed E-state index contributed by atoms with van der Waals surface area (Å²) in [6, 6.07) is 7.15. The molecule has 1 amide bonds. The van der Waals surface area contributed by atoms with Crippen LogP contribution < -0.4 is 5.73 Å². The SMILES string of the molecule is CN(Cc1ccc(F)cc1)C(=O)c1cc(F)cc(N)c1F. The van der Waals surface area contributed by atoms with E-state index in [0.29, 0.717) is 5.56 Å². The van der Waals surface area contributed by atoms with Crippen LogP contribution in [0.15, 0.2) is 36.4 Å². The lowest BCUT2D eigenvalue weighted by molar-refractivity contribution is 0.0780. The molecule has 0 aromatic heterocycles. The zero-order valence-corrected chi connectivity index (χ0v) is 11.2. The van der Waals surface area contributed by atoms with E-state index in [4.69, 9.17) is 5.73 Å². The number of nitrogen functional groups attached to an aromatic ring is 1. The number of benzene rings is 2. The lowest BCUT2D eigenvalue weighted by Gasteiger charge is -2.18. The molecule has 0 saturated carbocycles. The fourth-order valence-electron chi connectivity index (χ4n) is 1.91. The molecule has 2 aromatic rings. The van der Waals surface area contributed by atoms with Gasteiger partial charge >= 0.3 is 0 Å². The number of hydrogen-bond acceptors (Lipinski definition) is 2. The Bertz CT molecular complexity index is 671. The number of amides is 1. The standard InChI is InChI=1S/C15H13F3N2O/c1-20(8-9-2-4-10(16)5-3-9)15(21)12-6-11(17)7-13(19)14(12)18/h2-7H,8,19H2,1H3. The summed E-state index contributed by atoms with van der Waals surface area (Å²) in [5.74, 6) is -2.83. The minimum atomic E-state index is -0.952. The minimum absolute atomic E-state index is 0.134. The van der Waals surface area contributed by atoms with Crippen LogP contribution in [-0.4, -0.2) is 17.9 Å². The van der Waals surface area contributed by atoms with Crippen LogP contribution in [0.3, 0.4) is 0 Å². The molecule has 3 nitrogen and oxygen atoms in total. The van der Waals surface area contributed by atoms with Gasteiger partial charge in [0.1, 0.15) is 11.6 Å². The van der Waals surface area contributed by atoms with Gasteiger partial charge < -0.3 is 10.6 Å². The Morgan fingerprint density at radius 2 is 1.71 bits per heavy atom. The summed E-state index contributed by atoms with van der Waals surface area (Å²) >= 11 is 0. The number of nitrogens with zero attached hydrogens (tertiary/aromatic N) is 1. The molecule has 2 N–H and O–H groups in total. The second kappa shape index (κ2) is 5.87. The smallest absolute Gasteiger partial charge is 0.257 e. The highest BCUT2D eigenvalue weighted by Crippen LogP contribution is 2.19. The fourth-order valence-corrected chi connectivity index (χ4v) is 1.91. The average molecular weight is 294 g/mol. The van der Waals surface area contributed by atoms with Crippen molar-refractivity contribution in [2.45, 2.75) is 6.54 Å². The molecule has 110 valence electrons. The number of carbonyl (C=O) groups excluding carboxylic acids is 1. The lowest BCUT2D eigenvalue weighted by atomic mass is 10.1. The second-order valence-corrected chi connectivity index (χ2v) is 4.64. The maximum atomic E-state index is 13.8. The third kappa shape index (κ3) is 3.34. The molecule has 0 aliphatic heterocycles. The number of carbonyl (C=O) groups is 1. The summed E-state index contributed by atoms with van der Waals surface area (Å²) in [6.45, 7) is 0.134. The Hall–Kier alpha value is -2.50. The molecule has 21 heavy (non-hydrogen) atoms. The molecule has 2 rings (SSSR count). The van der Waals surface area contributed by atoms with Gasteiger partial charge in [0.15, 0.2) is 5.82 Å². The average Bonchev–Trinajstić information content (AvgIpc) is 2.44. The number of halogens is 3. The van der Waals surface area contributed by atoms with Gasteiger partial charge in [-0.25, -0.2) is 13.2 Å². The van der Waals surface area contributed by atoms with Gasteiger partial charge in [-0.2, -0.15) is 0 Å². The summed E-state index contributed by atoms with van der Waals surface area (Å²) in [7, 11) is 1.44. The molecule has 0 fully saturated rings. The molecule has 2 aromatic carbocycles. The minimum Gasteiger partial charge on any atom is -0.396 e. The summed E-state index contributed by atoms with van der Waals surface area (Å²) < 4.78 is 39.8. The van der Waals surface area contributed by atoms with Crippen LogP contribution in [0.5, 0.6) is 0 Å². The van der Waals surface area contributed by atoms with Crippen LogP contribution in [0, 0.1) is 17.5 Å². The number of rotatable bonds is 3. The first-order valence-electron chi connectivity index (χ1n) is 6.13. The molecule has 0 bridgehead atoms. The van der Waals surface area contributed by atoms with Crippen LogP contribution in [0.2, 0.25) is 0 Å². The van der Waals surface area contributed by atoms with E-state index in [1.807, 2.05) is 0 Å². The highest BCUT2D eigenvalue weighted by molar-refractivity contribution is 5.95. The molecule has 0 atom stereocenters. The van der Waals surface area contributed by atoms with E-state index in [0.717, 1.165) is 12.1 Å². The van der Waals surface area contributed by atoms with Crippen LogP contribution in [0.1, 0.15) is 15.9 Å². The zero-order chi connectivity index (χ0) is 15.6. The van der Waals surface area contributed by atoms with Crippen LogP contribution >= 0.6 is 0 Å². The summed E-state index contributed by atoms with van der Waals surface area (Å²) in [5.41, 5.74) is 5.11. The normalized spacial score (nSPS) is 10.5. The number of anilines is 1. The van der Waals surface area contributed by atoms with E-state index in [1.54, 1.807) is 0 Å². The highest BCUT2D eigenvalue weighted by atomic mass is 19.1. The summed E-state index contributed by atoms with van der Waals surface area (Å²) in [6.07, 6.45) is 0. The van der Waals surface area contributed by atoms with Gasteiger partial charge in [0, 0.05) is 13.6 Å². The molecule has 0 saturated heterocycles. The first-order chi connectivity index (χ1) is 9.88. The van der Waals surface area contributed by atoms with E-state index >= 15 is 0 Å². The van der Waals surface area contributed by atoms with Gasteiger partial charge in [-0.3, -0.25) is 4.79 Å². The van der Waals surface area contributed by atoms with Gasteiger partial charge in [0.05, 0.1) is 11.3 Å². The molecule has 6 heteroatoms. The zero-order valence-electron chi connectivity index (χ0n) is 11.2. The Morgan fingerprint density at radius 3 is 2.33 bits per heavy atom. The highest BCUT2D eigenvalue weighted by Gasteiger charge is 2.19. The Labute approximate surface area is 119 Å². The van der Waals surface area contributed by atoms with Crippen molar-refractivity contribution >= 4 is 11.6 Å². The quantitative estimate of drug-likeness (QED) is 0.885. The van der Waals surface area contributed by atoms with Crippen molar-refractivity contribution in [2.24, 2.45) is 0 Å². The monoisotopic (exact) mass is 294 g/mol. The molecular formula is C15H13F3N2O. The van der Waals surface area contributed by atoms with E-state index in [9.17, 15) is 18.0 Å². The van der Waals surface area contributed by atoms with Crippen molar-refractivity contribution in [2.75, 3.05) is 12.8 Å². The molecule has 0 unspecified atom stereocenters. The maximum Gasteiger partial charge on any atom is 0.257 e. The fraction of sp³-hybridized carbons (Fsp3) is 0.133. The third-order valence-corrected chi connectivity index (χ3v) is 2.98. The Balaban J connectivity index is 2.21. The predicted octanol–water partition coefficient (Wildman–Crippen LogP) is 2.96.